The number of rotatable bonds is 40. The molecule has 3 aliphatic heterocycles. The van der Waals surface area contributed by atoms with E-state index in [-0.39, 0.29) is 179 Å². The smallest absolute Gasteiger partial charge is 0.481 e. The fourth-order valence-corrected chi connectivity index (χ4v) is 6.04. The highest BCUT2D eigenvalue weighted by Gasteiger charge is 2.38. The van der Waals surface area contributed by atoms with Crippen molar-refractivity contribution in [1.29, 1.82) is 0 Å². The van der Waals surface area contributed by atoms with Crippen LogP contribution in [-0.2, 0) is 152 Å². The van der Waals surface area contributed by atoms with E-state index in [2.05, 4.69) is 64.9 Å². The molecule has 3 fully saturated rings. The molecular formula is C61H91Cl4N3O39S. The summed E-state index contributed by atoms with van der Waals surface area (Å²) in [5, 5.41) is 85.6. The van der Waals surface area contributed by atoms with E-state index in [1.807, 2.05) is 67.6 Å². The molecule has 0 saturated carbocycles. The van der Waals surface area contributed by atoms with Crippen LogP contribution in [0, 0.1) is 0 Å². The minimum absolute atomic E-state index is 0.00989. The molecule has 0 spiro atoms. The van der Waals surface area contributed by atoms with Crippen LogP contribution in [0.1, 0.15) is 114 Å². The normalized spacial score (nSPS) is 12.1. The molecule has 0 aromatic heterocycles. The van der Waals surface area contributed by atoms with Crippen molar-refractivity contribution < 1.29 is 190 Å². The van der Waals surface area contributed by atoms with Gasteiger partial charge in [-0.2, -0.15) is 4.79 Å². The average Bonchev–Trinajstić information content (AvgIpc) is 1.72. The van der Waals surface area contributed by atoms with E-state index in [1.54, 1.807) is 0 Å². The SMILES string of the molecule is CCOCOC(=O)COCc1ccccc1.O=C(CCCO)OCO.O=C(CCCO)OCO.O=C(CCOOON1C(=O)CCC1=O)OCOCCO.O=C(Cl)CCCO.O=C(Cl)COCCO.O=C(O)CCCO.O=C(ON1C(=O)CCC1=O)ON1C(=O)CCC1=O.O=S(Cl)Cl.OCOCc1ccccc1. The molecule has 42 nitrogen and oxygen atoms in total. The van der Waals surface area contributed by atoms with Crippen LogP contribution in [0.25, 0.3) is 0 Å². The number of aliphatic hydroxyl groups excluding tert-OH is 9. The van der Waals surface area contributed by atoms with Crippen LogP contribution in [0.4, 0.5) is 4.79 Å². The summed E-state index contributed by atoms with van der Waals surface area (Å²) in [4.78, 5) is 167. The molecule has 10 N–H and O–H groups in total. The number of aliphatic hydroxyl groups is 9. The van der Waals surface area contributed by atoms with E-state index in [0.29, 0.717) is 50.6 Å². The highest BCUT2D eigenvalue weighted by atomic mass is 36.0. The fraction of sp³-hybridized carbons (Fsp3) is 0.574. The second-order valence-corrected chi connectivity index (χ2v) is 22.3. The minimum atomic E-state index is -1.67. The second kappa shape index (κ2) is 79.0. The van der Waals surface area contributed by atoms with E-state index >= 15 is 0 Å². The predicted molar refractivity (Wildman–Crippen MR) is 363 cm³/mol. The number of amides is 6. The van der Waals surface area contributed by atoms with Crippen molar-refractivity contribution >= 4 is 136 Å². The first-order valence-electron chi connectivity index (χ1n) is 31.4. The van der Waals surface area contributed by atoms with E-state index < -0.39 is 99.5 Å². The number of benzene rings is 2. The molecule has 3 aliphatic rings. The van der Waals surface area contributed by atoms with Crippen molar-refractivity contribution in [2.75, 3.05) is 113 Å². The molecule has 3 saturated heterocycles. The monoisotopic (exact) mass is 1660 g/mol. The summed E-state index contributed by atoms with van der Waals surface area (Å²) in [5.41, 5.74) is 2.11. The van der Waals surface area contributed by atoms with Gasteiger partial charge in [-0.3, -0.25) is 67.2 Å². The zero-order valence-corrected chi connectivity index (χ0v) is 62.2. The van der Waals surface area contributed by atoms with Gasteiger partial charge in [0.05, 0.1) is 52.7 Å². The van der Waals surface area contributed by atoms with Crippen molar-refractivity contribution in [3.8, 4) is 0 Å². The number of carbonyl (C=O) groups is 14. The lowest BCUT2D eigenvalue weighted by molar-refractivity contribution is -0.561. The third kappa shape index (κ3) is 75.3. The number of carboxylic acid groups (broad SMARTS) is 1. The molecule has 6 amide bonds. The van der Waals surface area contributed by atoms with Gasteiger partial charge in [-0.25, -0.2) is 13.9 Å². The lowest BCUT2D eigenvalue weighted by Crippen LogP contribution is -2.37. The Bertz CT molecular complexity index is 2680. The lowest BCUT2D eigenvalue weighted by atomic mass is 10.2. The third-order valence-electron chi connectivity index (χ3n) is 10.5. The molecule has 3 heterocycles. The number of aliphatic carboxylic acids is 1. The van der Waals surface area contributed by atoms with Gasteiger partial charge < -0.3 is 93.7 Å². The highest BCUT2D eigenvalue weighted by Crippen LogP contribution is 2.17. The fourth-order valence-electron chi connectivity index (χ4n) is 5.83. The molecular weight excluding hydrogens is 1570 g/mol. The van der Waals surface area contributed by atoms with Crippen molar-refractivity contribution in [3.63, 3.8) is 0 Å². The summed E-state index contributed by atoms with van der Waals surface area (Å²) >= 11 is 9.77. The largest absolute Gasteiger partial charge is 0.560 e. The Labute approximate surface area is 639 Å². The van der Waals surface area contributed by atoms with E-state index in [4.69, 9.17) is 102 Å². The molecule has 2 aromatic rings. The molecule has 0 unspecified atom stereocenters. The van der Waals surface area contributed by atoms with Crippen molar-refractivity contribution in [3.05, 3.63) is 71.8 Å². The maximum Gasteiger partial charge on any atom is 0.560 e. The molecule has 47 heteroatoms. The van der Waals surface area contributed by atoms with Crippen LogP contribution in [0.2, 0.25) is 0 Å². The molecule has 618 valence electrons. The first-order valence-corrected chi connectivity index (χ1v) is 34.9. The predicted octanol–water partition coefficient (Wildman–Crippen LogP) is 0.666. The molecule has 0 bridgehead atoms. The summed E-state index contributed by atoms with van der Waals surface area (Å²) in [6, 6.07) is 19.4. The van der Waals surface area contributed by atoms with Crippen molar-refractivity contribution in [2.24, 2.45) is 0 Å². The van der Waals surface area contributed by atoms with Gasteiger partial charge in [-0.15, -0.1) is 5.06 Å². The molecule has 0 aliphatic carbocycles. The number of esters is 4. The van der Waals surface area contributed by atoms with Gasteiger partial charge in [0.15, 0.2) is 27.2 Å². The number of hydrogen-bond donors (Lipinski definition) is 10. The van der Waals surface area contributed by atoms with E-state index in [0.717, 1.165) is 11.1 Å². The second-order valence-electron chi connectivity index (χ2n) is 18.9. The first-order chi connectivity index (χ1) is 51.5. The van der Waals surface area contributed by atoms with Crippen LogP contribution in [0.5, 0.6) is 0 Å². The van der Waals surface area contributed by atoms with Crippen molar-refractivity contribution in [2.45, 2.75) is 116 Å². The molecule has 108 heavy (non-hydrogen) atoms. The van der Waals surface area contributed by atoms with Gasteiger partial charge >= 0.3 is 36.0 Å². The van der Waals surface area contributed by atoms with Crippen molar-refractivity contribution in [1.82, 2.24) is 15.2 Å². The Hall–Kier alpha value is -7.55. The Morgan fingerprint density at radius 3 is 1.17 bits per heavy atom. The van der Waals surface area contributed by atoms with Gasteiger partial charge in [0.1, 0.15) is 20.0 Å². The van der Waals surface area contributed by atoms with Gasteiger partial charge in [0, 0.05) is 119 Å². The minimum Gasteiger partial charge on any atom is -0.481 e. The summed E-state index contributed by atoms with van der Waals surface area (Å²) in [6.07, 6.45) is 0.515. The zero-order chi connectivity index (χ0) is 82.6. The molecule has 0 radical (unpaired) electrons. The van der Waals surface area contributed by atoms with Gasteiger partial charge in [0.2, 0.25) is 19.7 Å². The highest BCUT2D eigenvalue weighted by molar-refractivity contribution is 8.26. The topological polar surface area (TPSA) is 597 Å². The summed E-state index contributed by atoms with van der Waals surface area (Å²) in [7, 11) is 7.36. The van der Waals surface area contributed by atoms with Crippen LogP contribution >= 0.6 is 44.6 Å². The first kappa shape index (κ1) is 109. The Morgan fingerprint density at radius 1 is 0.426 bits per heavy atom. The summed E-state index contributed by atoms with van der Waals surface area (Å²) in [5.74, 6) is -6.63. The van der Waals surface area contributed by atoms with Gasteiger partial charge in [-0.1, -0.05) is 75.8 Å². The van der Waals surface area contributed by atoms with E-state index in [9.17, 15) is 67.1 Å². The van der Waals surface area contributed by atoms with Gasteiger partial charge in [-0.05, 0) is 72.0 Å². The van der Waals surface area contributed by atoms with Crippen LogP contribution in [0.15, 0.2) is 60.7 Å². The Balaban J connectivity index is -0.000000375. The summed E-state index contributed by atoms with van der Waals surface area (Å²) < 4.78 is 50.8. The number of halogens is 4. The van der Waals surface area contributed by atoms with Crippen LogP contribution in [0.3, 0.4) is 0 Å². The quantitative estimate of drug-likeness (QED) is 0.00640. The summed E-state index contributed by atoms with van der Waals surface area (Å²) in [6.45, 7) is 1.16. The van der Waals surface area contributed by atoms with E-state index in [1.165, 1.54) is 0 Å². The third-order valence-corrected chi connectivity index (χ3v) is 10.8. The Kier molecular flexibility index (Phi) is 79.8. The number of hydroxylamine groups is 6. The Morgan fingerprint density at radius 2 is 0.806 bits per heavy atom. The number of carbonyl (C=O) groups excluding carboxylic acids is 13. The number of carboxylic acids is 1. The molecule has 5 rings (SSSR count). The standard InChI is InChI=1S/C12H16O4.C10H15NO9.C9H8N2O7.C8H10O2.2C5H10O4.C4H7ClO3.C4H7ClO2.C4H8O3.Cl2OS/c1-2-14-10-16-12(13)9-15-8-11-6-4-3-5-7-11;12-4-6-16-7-17-10(15)3-5-18-20-19-11-8(13)1-2-9(11)14;12-5-1-2-6(13)10(5)17-9(16)18-11-7(14)3-4-8(11)15;9-7-10-6-8-4-2-1-3-5-8;2*6-3-1-2-5(8)9-4-7;5-4(7)3-8-2-1-6;5-4(7)2-1-3-6;5-3-1-2-4(6)7;1-4(2)3/h3-7H,2,8-10H2,1H3;12H,1-7H2;1-4H2;1-5,9H,6-7H2;2*6-7H,1-4H2;6H,1-3H2;6H,1-3H2;5H,1-3H2,(H,6,7);. The average molecular weight is 1660 g/mol. The maximum absolute atomic E-state index is 11.2. The molecule has 2 aromatic carbocycles. The number of imide groups is 3. The number of nitrogens with zero attached hydrogens (tertiary/aromatic N) is 3. The number of hydrogen-bond acceptors (Lipinski definition) is 38. The van der Waals surface area contributed by atoms with Crippen LogP contribution in [-0.4, -0.2) is 266 Å². The lowest BCUT2D eigenvalue weighted by Gasteiger charge is -2.15. The van der Waals surface area contributed by atoms with Gasteiger partial charge in [0.25, 0.3) is 35.4 Å². The van der Waals surface area contributed by atoms with Crippen LogP contribution < -0.4 is 0 Å². The zero-order valence-electron chi connectivity index (χ0n) is 58.4. The molecule has 0 atom stereocenters. The number of ether oxygens (including phenoxy) is 9. The maximum atomic E-state index is 11.2.